The molecule has 0 aliphatic heterocycles. The van der Waals surface area contributed by atoms with Crippen LogP contribution in [0.2, 0.25) is 0 Å². The van der Waals surface area contributed by atoms with Crippen LogP contribution in [0, 0.1) is 0 Å². The molecule has 0 saturated carbocycles. The van der Waals surface area contributed by atoms with E-state index < -0.39 is 0 Å². The van der Waals surface area contributed by atoms with E-state index in [1.807, 2.05) is 0 Å². The molecule has 5 rings (SSSR count). The van der Waals surface area contributed by atoms with Crippen molar-refractivity contribution >= 4 is 32.8 Å². The van der Waals surface area contributed by atoms with E-state index in [1.54, 1.807) is 0 Å². The van der Waals surface area contributed by atoms with Gasteiger partial charge in [0.1, 0.15) is 22.1 Å². The molecule has 0 amide bonds. The Hall–Kier alpha value is -3.07. The topological polar surface area (TPSA) is 13.7 Å². The Morgan fingerprint density at radius 1 is 0.677 bits per heavy atom. The van der Waals surface area contributed by atoms with Gasteiger partial charge in [-0.2, -0.15) is 4.57 Å². The van der Waals surface area contributed by atoms with Crippen molar-refractivity contribution in [2.75, 3.05) is 0 Å². The van der Waals surface area contributed by atoms with E-state index in [-0.39, 0.29) is 0 Å². The largest absolute Gasteiger partial charge is 0.371 e. The maximum Gasteiger partial charge on any atom is 0.371 e. The first-order valence-electron chi connectivity index (χ1n) is 11.5. The fraction of sp³-hybridized carbons (Fsp3) is 0.321. The average Bonchev–Trinajstić information content (AvgIpc) is 3.26. The van der Waals surface area contributed by atoms with E-state index in [0.717, 1.165) is 0 Å². The second kappa shape index (κ2) is 7.26. The first kappa shape index (κ1) is 19.9. The van der Waals surface area contributed by atoms with Crippen molar-refractivity contribution in [2.45, 2.75) is 59.5 Å². The van der Waals surface area contributed by atoms with E-state index >= 15 is 0 Å². The van der Waals surface area contributed by atoms with E-state index in [4.69, 9.17) is 0 Å². The van der Waals surface area contributed by atoms with Crippen molar-refractivity contribution in [1.29, 1.82) is 0 Å². The zero-order valence-electron chi connectivity index (χ0n) is 19.4. The van der Waals surface area contributed by atoms with Crippen LogP contribution in [0.25, 0.3) is 38.8 Å². The van der Waals surface area contributed by atoms with Crippen molar-refractivity contribution < 1.29 is 4.57 Å². The summed E-state index contributed by atoms with van der Waals surface area (Å²) in [6.07, 6.45) is 0. The minimum atomic E-state index is 0.335. The van der Waals surface area contributed by atoms with E-state index in [2.05, 4.69) is 122 Å². The van der Waals surface area contributed by atoms with Crippen molar-refractivity contribution in [2.24, 2.45) is 0 Å². The highest BCUT2D eigenvalue weighted by atomic mass is 15.3. The van der Waals surface area contributed by atoms with Crippen LogP contribution in [0.15, 0.2) is 66.7 Å². The lowest BCUT2D eigenvalue weighted by Crippen LogP contribution is -2.40. The van der Waals surface area contributed by atoms with Gasteiger partial charge in [0.05, 0.1) is 12.1 Å². The minimum Gasteiger partial charge on any atom is -0.225 e. The smallest absolute Gasteiger partial charge is 0.225 e. The van der Waals surface area contributed by atoms with Gasteiger partial charge in [0, 0.05) is 10.8 Å². The van der Waals surface area contributed by atoms with Gasteiger partial charge in [0.2, 0.25) is 0 Å². The van der Waals surface area contributed by atoms with Crippen LogP contribution >= 0.6 is 0 Å². The normalized spacial score (nSPS) is 12.4. The molecule has 0 fully saturated rings. The minimum absolute atomic E-state index is 0.335. The Morgan fingerprint density at radius 2 is 1.32 bits per heavy atom. The zero-order valence-corrected chi connectivity index (χ0v) is 19.4. The number of hydrogen-bond acceptors (Lipinski definition) is 0. The van der Waals surface area contributed by atoms with E-state index in [1.165, 1.54) is 44.4 Å². The molecule has 0 spiro atoms. The molecule has 0 aliphatic rings. The summed E-state index contributed by atoms with van der Waals surface area (Å²) in [6.45, 7) is 13.8. The van der Waals surface area contributed by atoms with Gasteiger partial charge in [-0.3, -0.25) is 0 Å². The van der Waals surface area contributed by atoms with Gasteiger partial charge >= 0.3 is 5.95 Å². The quantitative estimate of drug-likeness (QED) is 0.276. The lowest BCUT2D eigenvalue weighted by Gasteiger charge is -2.14. The molecule has 2 heterocycles. The van der Waals surface area contributed by atoms with Crippen molar-refractivity contribution in [3.63, 3.8) is 0 Å². The Morgan fingerprint density at radius 3 is 2.00 bits per heavy atom. The van der Waals surface area contributed by atoms with Crippen LogP contribution in [0.1, 0.15) is 65.1 Å². The number of fused-ring (bicyclic) bond motifs is 4. The molecule has 0 radical (unpaired) electrons. The van der Waals surface area contributed by atoms with Crippen molar-refractivity contribution in [3.8, 4) is 5.95 Å². The van der Waals surface area contributed by atoms with Crippen molar-refractivity contribution in [1.82, 2.24) is 9.13 Å². The van der Waals surface area contributed by atoms with Gasteiger partial charge in [-0.15, -0.1) is 0 Å². The van der Waals surface area contributed by atoms with E-state index in [9.17, 15) is 0 Å². The number of benzene rings is 3. The summed E-state index contributed by atoms with van der Waals surface area (Å²) < 4.78 is 7.55. The molecule has 5 aromatic rings. The van der Waals surface area contributed by atoms with Crippen LogP contribution in [-0.4, -0.2) is 9.13 Å². The molecule has 0 atom stereocenters. The molecule has 0 unspecified atom stereocenters. The Kier molecular flexibility index (Phi) is 4.65. The lowest BCUT2D eigenvalue weighted by molar-refractivity contribution is -0.686. The Labute approximate surface area is 184 Å². The number of imidazole rings is 1. The Balaban J connectivity index is 2.09. The van der Waals surface area contributed by atoms with Gasteiger partial charge in [-0.1, -0.05) is 62.4 Å². The molecule has 0 bridgehead atoms. The fourth-order valence-corrected chi connectivity index (χ4v) is 5.16. The highest BCUT2D eigenvalue weighted by Gasteiger charge is 2.32. The maximum atomic E-state index is 2.53. The molecule has 3 nitrogen and oxygen atoms in total. The first-order valence-corrected chi connectivity index (χ1v) is 11.5. The summed E-state index contributed by atoms with van der Waals surface area (Å²) in [5, 5.41) is 2.65. The fourth-order valence-electron chi connectivity index (χ4n) is 5.16. The molecule has 0 N–H and O–H groups in total. The molecule has 0 saturated heterocycles. The summed E-state index contributed by atoms with van der Waals surface area (Å²) in [5.74, 6) is 1.68. The van der Waals surface area contributed by atoms with Crippen LogP contribution < -0.4 is 4.57 Å². The number of aromatic nitrogens is 3. The highest BCUT2D eigenvalue weighted by Crippen LogP contribution is 2.37. The van der Waals surface area contributed by atoms with Gasteiger partial charge in [-0.25, -0.2) is 9.13 Å². The first-order chi connectivity index (χ1) is 14.9. The second-order valence-electron chi connectivity index (χ2n) is 9.47. The average molecular weight is 411 g/mol. The number of hydrogen-bond donors (Lipinski definition) is 0. The monoisotopic (exact) mass is 410 g/mol. The number of nitrogens with zero attached hydrogens (tertiary/aromatic N) is 3. The van der Waals surface area contributed by atoms with Crippen LogP contribution in [0.3, 0.4) is 0 Å². The summed E-state index contributed by atoms with van der Waals surface area (Å²) in [5.41, 5.74) is 6.57. The van der Waals surface area contributed by atoms with Gasteiger partial charge in [0.15, 0.2) is 0 Å². The molecular formula is C28H32N3+. The molecule has 2 aromatic heterocycles. The number of para-hydroxylation sites is 4. The lowest BCUT2D eigenvalue weighted by atomic mass is 10.00. The van der Waals surface area contributed by atoms with Gasteiger partial charge in [0.25, 0.3) is 0 Å². The maximum absolute atomic E-state index is 2.53. The second-order valence-corrected chi connectivity index (χ2v) is 9.47. The SMILES string of the molecule is CC(C)c1cccc2c3ccccc3n(-c3n(C(C)C)c4ccccc4[n+]3C(C)C)c12. The van der Waals surface area contributed by atoms with Gasteiger partial charge in [-0.05, 0) is 57.4 Å². The molecule has 31 heavy (non-hydrogen) atoms. The molecular weight excluding hydrogens is 378 g/mol. The molecule has 3 heteroatoms. The van der Waals surface area contributed by atoms with Crippen molar-refractivity contribution in [3.05, 3.63) is 72.3 Å². The van der Waals surface area contributed by atoms with Gasteiger partial charge < -0.3 is 0 Å². The summed E-state index contributed by atoms with van der Waals surface area (Å²) in [4.78, 5) is 0. The third kappa shape index (κ3) is 2.83. The highest BCUT2D eigenvalue weighted by molar-refractivity contribution is 6.10. The summed E-state index contributed by atoms with van der Waals surface area (Å²) in [6, 6.07) is 25.1. The predicted molar refractivity (Wildman–Crippen MR) is 131 cm³/mol. The zero-order chi connectivity index (χ0) is 21.9. The predicted octanol–water partition coefficient (Wildman–Crippen LogP) is 7.31. The summed E-state index contributed by atoms with van der Waals surface area (Å²) >= 11 is 0. The van der Waals surface area contributed by atoms with Crippen LogP contribution in [0.5, 0.6) is 0 Å². The van der Waals surface area contributed by atoms with E-state index in [0.29, 0.717) is 18.0 Å². The molecule has 158 valence electrons. The number of rotatable bonds is 4. The van der Waals surface area contributed by atoms with Crippen LogP contribution in [0.4, 0.5) is 0 Å². The molecule has 0 aliphatic carbocycles. The third-order valence-corrected chi connectivity index (χ3v) is 6.41. The standard InChI is InChI=1S/C28H32N3/c1-18(2)21-13-11-14-23-22-12-7-8-15-24(22)31(27(21)23)28-29(19(3)4)25-16-9-10-17-26(25)30(28)20(5)6/h7-20H,1-6H3/q+1. The Bertz CT molecular complexity index is 1370. The van der Waals surface area contributed by atoms with Crippen LogP contribution in [-0.2, 0) is 0 Å². The summed E-state index contributed by atoms with van der Waals surface area (Å²) in [7, 11) is 0. The molecule has 3 aromatic carbocycles. The third-order valence-electron chi connectivity index (χ3n) is 6.41.